The number of rotatable bonds is 6. The first-order valence-corrected chi connectivity index (χ1v) is 10.2. The quantitative estimate of drug-likeness (QED) is 0.729. The SMILES string of the molecule is COc1ccc(N2C(=O)OCC2(Cc2ccc(F)cc2)CN2CCCCC2)cc1. The summed E-state index contributed by atoms with van der Waals surface area (Å²) in [5.74, 6) is 0.478. The van der Waals surface area contributed by atoms with E-state index in [0.717, 1.165) is 36.6 Å². The van der Waals surface area contributed by atoms with Gasteiger partial charge in [-0.25, -0.2) is 9.18 Å². The number of hydrogen-bond acceptors (Lipinski definition) is 4. The lowest BCUT2D eigenvalue weighted by Crippen LogP contribution is -2.57. The molecule has 2 aromatic carbocycles. The van der Waals surface area contributed by atoms with E-state index in [-0.39, 0.29) is 11.9 Å². The van der Waals surface area contributed by atoms with Crippen LogP contribution in [0.1, 0.15) is 24.8 Å². The van der Waals surface area contributed by atoms with Gasteiger partial charge in [-0.1, -0.05) is 18.6 Å². The maximum Gasteiger partial charge on any atom is 0.415 e. The number of cyclic esters (lactones) is 1. The van der Waals surface area contributed by atoms with Gasteiger partial charge in [0.05, 0.1) is 7.11 Å². The zero-order valence-electron chi connectivity index (χ0n) is 16.8. The van der Waals surface area contributed by atoms with Gasteiger partial charge in [-0.3, -0.25) is 4.90 Å². The van der Waals surface area contributed by atoms with Crippen LogP contribution in [-0.2, 0) is 11.2 Å². The fraction of sp³-hybridized carbons (Fsp3) is 0.435. The molecule has 2 heterocycles. The Bertz CT molecular complexity index is 834. The molecule has 6 heteroatoms. The Balaban J connectivity index is 1.69. The summed E-state index contributed by atoms with van der Waals surface area (Å²) in [6, 6.07) is 14.0. The predicted molar refractivity (Wildman–Crippen MR) is 110 cm³/mol. The Morgan fingerprint density at radius 1 is 1.03 bits per heavy atom. The number of piperidine rings is 1. The van der Waals surface area contributed by atoms with Crippen molar-refractivity contribution >= 4 is 11.8 Å². The fourth-order valence-corrected chi connectivity index (χ4v) is 4.45. The molecular weight excluding hydrogens is 371 g/mol. The van der Waals surface area contributed by atoms with E-state index in [9.17, 15) is 9.18 Å². The first-order valence-electron chi connectivity index (χ1n) is 10.2. The lowest BCUT2D eigenvalue weighted by atomic mass is 9.88. The number of likely N-dealkylation sites (tertiary alicyclic amines) is 1. The molecular formula is C23H27FN2O3. The lowest BCUT2D eigenvalue weighted by molar-refractivity contribution is 0.145. The highest BCUT2D eigenvalue weighted by atomic mass is 19.1. The summed E-state index contributed by atoms with van der Waals surface area (Å²) in [7, 11) is 1.62. The van der Waals surface area contributed by atoms with Gasteiger partial charge in [0, 0.05) is 18.7 Å². The third kappa shape index (κ3) is 4.22. The van der Waals surface area contributed by atoms with Crippen LogP contribution in [0.25, 0.3) is 0 Å². The normalized spacial score (nSPS) is 22.6. The standard InChI is InChI=1S/C23H27FN2O3/c1-28-21-11-9-20(10-12-21)26-22(27)29-17-23(26,16-25-13-3-2-4-14-25)15-18-5-7-19(24)8-6-18/h5-12H,2-4,13-17H2,1H3. The summed E-state index contributed by atoms with van der Waals surface area (Å²) >= 11 is 0. The van der Waals surface area contributed by atoms with Crippen molar-refractivity contribution < 1.29 is 18.7 Å². The predicted octanol–water partition coefficient (Wildman–Crippen LogP) is 4.26. The van der Waals surface area contributed by atoms with Crippen molar-refractivity contribution in [1.29, 1.82) is 0 Å². The van der Waals surface area contributed by atoms with Gasteiger partial charge >= 0.3 is 6.09 Å². The second-order valence-electron chi connectivity index (χ2n) is 7.95. The Morgan fingerprint density at radius 3 is 2.38 bits per heavy atom. The van der Waals surface area contributed by atoms with E-state index < -0.39 is 5.54 Å². The topological polar surface area (TPSA) is 42.0 Å². The van der Waals surface area contributed by atoms with Crippen LogP contribution in [0.2, 0.25) is 0 Å². The van der Waals surface area contributed by atoms with Crippen LogP contribution in [0.4, 0.5) is 14.9 Å². The fourth-order valence-electron chi connectivity index (χ4n) is 4.45. The maximum atomic E-state index is 13.4. The molecule has 0 spiro atoms. The van der Waals surface area contributed by atoms with Gasteiger partial charge in [0.25, 0.3) is 0 Å². The van der Waals surface area contributed by atoms with Crippen molar-refractivity contribution in [2.24, 2.45) is 0 Å². The second-order valence-corrected chi connectivity index (χ2v) is 7.95. The summed E-state index contributed by atoms with van der Waals surface area (Å²) in [5, 5.41) is 0. The number of benzene rings is 2. The third-order valence-electron chi connectivity index (χ3n) is 5.86. The number of nitrogens with zero attached hydrogens (tertiary/aromatic N) is 2. The molecule has 0 saturated carbocycles. The van der Waals surface area contributed by atoms with Gasteiger partial charge < -0.3 is 14.4 Å². The van der Waals surface area contributed by atoms with Crippen molar-refractivity contribution in [2.45, 2.75) is 31.2 Å². The van der Waals surface area contributed by atoms with E-state index >= 15 is 0 Å². The molecule has 1 atom stereocenters. The van der Waals surface area contributed by atoms with Crippen molar-refractivity contribution in [2.75, 3.05) is 38.3 Å². The number of ether oxygens (including phenoxy) is 2. The molecule has 2 fully saturated rings. The van der Waals surface area contributed by atoms with Crippen LogP contribution in [0.5, 0.6) is 5.75 Å². The highest BCUT2D eigenvalue weighted by molar-refractivity contribution is 5.92. The second kappa shape index (κ2) is 8.41. The number of carbonyl (C=O) groups excluding carboxylic acids is 1. The summed E-state index contributed by atoms with van der Waals surface area (Å²) in [4.78, 5) is 17.0. The van der Waals surface area contributed by atoms with E-state index in [4.69, 9.17) is 9.47 Å². The Kier molecular flexibility index (Phi) is 5.72. The highest BCUT2D eigenvalue weighted by Gasteiger charge is 2.49. The molecule has 0 aromatic heterocycles. The van der Waals surface area contributed by atoms with Crippen LogP contribution in [0.3, 0.4) is 0 Å². The average Bonchev–Trinajstić information content (AvgIpc) is 3.06. The summed E-state index contributed by atoms with van der Waals surface area (Å²) in [5.41, 5.74) is 1.23. The number of anilines is 1. The van der Waals surface area contributed by atoms with Gasteiger partial charge in [0.15, 0.2) is 0 Å². The highest BCUT2D eigenvalue weighted by Crippen LogP contribution is 2.36. The minimum Gasteiger partial charge on any atom is -0.497 e. The molecule has 2 aliphatic heterocycles. The zero-order chi connectivity index (χ0) is 20.3. The Morgan fingerprint density at radius 2 is 1.72 bits per heavy atom. The molecule has 0 N–H and O–H groups in total. The largest absolute Gasteiger partial charge is 0.497 e. The van der Waals surface area contributed by atoms with Crippen molar-refractivity contribution in [1.82, 2.24) is 4.90 Å². The summed E-state index contributed by atoms with van der Waals surface area (Å²) in [6.45, 7) is 3.08. The minimum atomic E-state index is -0.541. The van der Waals surface area contributed by atoms with E-state index in [2.05, 4.69) is 4.90 Å². The number of hydrogen-bond donors (Lipinski definition) is 0. The van der Waals surface area contributed by atoms with Crippen LogP contribution >= 0.6 is 0 Å². The van der Waals surface area contributed by atoms with E-state index in [1.807, 2.05) is 24.3 Å². The van der Waals surface area contributed by atoms with Crippen LogP contribution in [0.15, 0.2) is 48.5 Å². The zero-order valence-corrected chi connectivity index (χ0v) is 16.8. The molecule has 0 aliphatic carbocycles. The van der Waals surface area contributed by atoms with Crippen molar-refractivity contribution in [3.63, 3.8) is 0 Å². The number of methoxy groups -OCH3 is 1. The number of carbonyl (C=O) groups is 1. The average molecular weight is 398 g/mol. The molecule has 1 unspecified atom stereocenters. The van der Waals surface area contributed by atoms with Crippen molar-refractivity contribution in [3.05, 3.63) is 59.9 Å². The van der Waals surface area contributed by atoms with Gasteiger partial charge in [0.1, 0.15) is 23.7 Å². The maximum absolute atomic E-state index is 13.4. The molecule has 2 saturated heterocycles. The summed E-state index contributed by atoms with van der Waals surface area (Å²) < 4.78 is 24.3. The lowest BCUT2D eigenvalue weighted by Gasteiger charge is -2.41. The van der Waals surface area contributed by atoms with E-state index in [1.54, 1.807) is 24.1 Å². The van der Waals surface area contributed by atoms with Crippen LogP contribution in [-0.4, -0.2) is 49.9 Å². The number of halogens is 1. The molecule has 1 amide bonds. The number of amides is 1. The first kappa shape index (κ1) is 19.7. The molecule has 154 valence electrons. The molecule has 29 heavy (non-hydrogen) atoms. The molecule has 0 radical (unpaired) electrons. The van der Waals surface area contributed by atoms with Gasteiger partial charge in [-0.15, -0.1) is 0 Å². The van der Waals surface area contributed by atoms with Crippen LogP contribution < -0.4 is 9.64 Å². The minimum absolute atomic E-state index is 0.260. The monoisotopic (exact) mass is 398 g/mol. The molecule has 2 aliphatic rings. The van der Waals surface area contributed by atoms with E-state index in [1.165, 1.54) is 31.4 Å². The van der Waals surface area contributed by atoms with Gasteiger partial charge in [-0.2, -0.15) is 0 Å². The molecule has 0 bridgehead atoms. The molecule has 4 rings (SSSR count). The molecule has 2 aromatic rings. The Hall–Kier alpha value is -2.60. The van der Waals surface area contributed by atoms with E-state index in [0.29, 0.717) is 13.0 Å². The summed E-state index contributed by atoms with van der Waals surface area (Å²) in [6.07, 6.45) is 3.85. The van der Waals surface area contributed by atoms with Crippen molar-refractivity contribution in [3.8, 4) is 5.75 Å². The Labute approximate surface area is 171 Å². The smallest absolute Gasteiger partial charge is 0.415 e. The first-order chi connectivity index (χ1) is 14.1. The van der Waals surface area contributed by atoms with Gasteiger partial charge in [-0.05, 0) is 67.9 Å². The van der Waals surface area contributed by atoms with Gasteiger partial charge in [0.2, 0.25) is 0 Å². The van der Waals surface area contributed by atoms with Crippen LogP contribution in [0, 0.1) is 5.82 Å². The third-order valence-corrected chi connectivity index (χ3v) is 5.86. The molecule has 5 nitrogen and oxygen atoms in total.